The molecule has 1 unspecified atom stereocenters. The maximum Gasteiger partial charge on any atom is 0.128 e. The summed E-state index contributed by atoms with van der Waals surface area (Å²) in [5.41, 5.74) is 5.50. The Morgan fingerprint density at radius 2 is 2.00 bits per heavy atom. The second-order valence-electron chi connectivity index (χ2n) is 5.92. The molecule has 1 aromatic carbocycles. The summed E-state index contributed by atoms with van der Waals surface area (Å²) in [6.07, 6.45) is 7.41. The minimum absolute atomic E-state index is 0.0683. The summed E-state index contributed by atoms with van der Waals surface area (Å²) in [7, 11) is 0. The van der Waals surface area contributed by atoms with Crippen molar-refractivity contribution in [2.75, 3.05) is 0 Å². The third kappa shape index (κ3) is 3.54. The van der Waals surface area contributed by atoms with Gasteiger partial charge in [-0.1, -0.05) is 31.7 Å². The highest BCUT2D eigenvalue weighted by molar-refractivity contribution is 5.34. The molecule has 0 radical (unpaired) electrons. The van der Waals surface area contributed by atoms with Gasteiger partial charge in [-0.05, 0) is 49.8 Å². The van der Waals surface area contributed by atoms with Crippen molar-refractivity contribution in [3.05, 3.63) is 34.6 Å². The van der Waals surface area contributed by atoms with Crippen molar-refractivity contribution < 1.29 is 4.39 Å². The lowest BCUT2D eigenvalue weighted by Gasteiger charge is -2.21. The van der Waals surface area contributed by atoms with Crippen LogP contribution in [0.3, 0.4) is 0 Å². The Morgan fingerprint density at radius 1 is 1.32 bits per heavy atom. The summed E-state index contributed by atoms with van der Waals surface area (Å²) in [5.74, 6) is 6.33. The van der Waals surface area contributed by atoms with E-state index in [-0.39, 0.29) is 11.9 Å². The van der Waals surface area contributed by atoms with Gasteiger partial charge in [0, 0.05) is 11.6 Å². The number of nitrogens with one attached hydrogen (secondary N) is 1. The standard InChI is InChI=1S/C16H25FN2/c1-11-9-12(2)16(14(17)10-11)15(19-18)8-7-13-5-3-4-6-13/h9-10,13,15,19H,3-8,18H2,1-2H3. The van der Waals surface area contributed by atoms with Crippen molar-refractivity contribution >= 4 is 0 Å². The van der Waals surface area contributed by atoms with Gasteiger partial charge in [-0.25, -0.2) is 4.39 Å². The van der Waals surface area contributed by atoms with Gasteiger partial charge >= 0.3 is 0 Å². The predicted molar refractivity (Wildman–Crippen MR) is 77.1 cm³/mol. The first-order valence-corrected chi connectivity index (χ1v) is 7.34. The van der Waals surface area contributed by atoms with Crippen LogP contribution >= 0.6 is 0 Å². The average Bonchev–Trinajstić information content (AvgIpc) is 2.85. The molecule has 0 aromatic heterocycles. The Hall–Kier alpha value is -0.930. The zero-order valence-electron chi connectivity index (χ0n) is 12.0. The van der Waals surface area contributed by atoms with E-state index in [1.54, 1.807) is 6.07 Å². The summed E-state index contributed by atoms with van der Waals surface area (Å²) in [5, 5.41) is 0. The number of hydrogen-bond donors (Lipinski definition) is 2. The fourth-order valence-electron chi connectivity index (χ4n) is 3.38. The van der Waals surface area contributed by atoms with E-state index in [0.29, 0.717) is 0 Å². The van der Waals surface area contributed by atoms with E-state index >= 15 is 0 Å². The molecule has 1 aliphatic carbocycles. The maximum atomic E-state index is 14.2. The first kappa shape index (κ1) is 14.5. The van der Waals surface area contributed by atoms with Crippen LogP contribution in [0.25, 0.3) is 0 Å². The molecule has 106 valence electrons. The second-order valence-corrected chi connectivity index (χ2v) is 5.92. The molecule has 1 saturated carbocycles. The number of benzene rings is 1. The summed E-state index contributed by atoms with van der Waals surface area (Å²) in [6, 6.07) is 3.56. The van der Waals surface area contributed by atoms with E-state index in [1.807, 2.05) is 19.9 Å². The van der Waals surface area contributed by atoms with Gasteiger partial charge in [-0.2, -0.15) is 0 Å². The molecule has 1 fully saturated rings. The molecular formula is C16H25FN2. The molecule has 1 aliphatic rings. The van der Waals surface area contributed by atoms with Crippen molar-refractivity contribution in [3.63, 3.8) is 0 Å². The van der Waals surface area contributed by atoms with Crippen LogP contribution in [0.4, 0.5) is 4.39 Å². The Kier molecular flexibility index (Phi) is 4.94. The summed E-state index contributed by atoms with van der Waals surface area (Å²) in [4.78, 5) is 0. The Balaban J connectivity index is 2.08. The van der Waals surface area contributed by atoms with Gasteiger partial charge in [0.25, 0.3) is 0 Å². The van der Waals surface area contributed by atoms with Crippen molar-refractivity contribution in [2.24, 2.45) is 11.8 Å². The van der Waals surface area contributed by atoms with Crippen LogP contribution in [-0.2, 0) is 0 Å². The van der Waals surface area contributed by atoms with Crippen LogP contribution in [-0.4, -0.2) is 0 Å². The van der Waals surface area contributed by atoms with Crippen molar-refractivity contribution in [2.45, 2.75) is 58.4 Å². The number of hydrazine groups is 1. The fourth-order valence-corrected chi connectivity index (χ4v) is 3.38. The highest BCUT2D eigenvalue weighted by Crippen LogP contribution is 2.32. The quantitative estimate of drug-likeness (QED) is 0.625. The van der Waals surface area contributed by atoms with Gasteiger partial charge in [0.05, 0.1) is 0 Å². The van der Waals surface area contributed by atoms with E-state index in [1.165, 1.54) is 25.7 Å². The van der Waals surface area contributed by atoms with Crippen LogP contribution < -0.4 is 11.3 Å². The molecule has 2 rings (SSSR count). The molecule has 3 N–H and O–H groups in total. The summed E-state index contributed by atoms with van der Waals surface area (Å²) >= 11 is 0. The lowest BCUT2D eigenvalue weighted by atomic mass is 9.92. The van der Waals surface area contributed by atoms with Crippen molar-refractivity contribution in [3.8, 4) is 0 Å². The number of nitrogens with two attached hydrogens (primary N) is 1. The van der Waals surface area contributed by atoms with Crippen LogP contribution in [0, 0.1) is 25.6 Å². The third-order valence-corrected chi connectivity index (χ3v) is 4.37. The molecule has 3 heteroatoms. The molecule has 0 spiro atoms. The number of rotatable bonds is 5. The number of halogens is 1. The highest BCUT2D eigenvalue weighted by Gasteiger charge is 2.21. The van der Waals surface area contributed by atoms with Crippen LogP contribution in [0.1, 0.15) is 61.3 Å². The Morgan fingerprint density at radius 3 is 2.58 bits per heavy atom. The monoisotopic (exact) mass is 264 g/mol. The summed E-state index contributed by atoms with van der Waals surface area (Å²) in [6.45, 7) is 3.88. The van der Waals surface area contributed by atoms with Gasteiger partial charge in [0.15, 0.2) is 0 Å². The highest BCUT2D eigenvalue weighted by atomic mass is 19.1. The lowest BCUT2D eigenvalue weighted by molar-refractivity contribution is 0.406. The van der Waals surface area contributed by atoms with Crippen molar-refractivity contribution in [1.82, 2.24) is 5.43 Å². The number of hydrogen-bond acceptors (Lipinski definition) is 2. The minimum Gasteiger partial charge on any atom is -0.271 e. The SMILES string of the molecule is Cc1cc(C)c(C(CCC2CCCC2)NN)c(F)c1. The lowest BCUT2D eigenvalue weighted by Crippen LogP contribution is -2.29. The average molecular weight is 264 g/mol. The summed E-state index contributed by atoms with van der Waals surface area (Å²) < 4.78 is 14.2. The second kappa shape index (κ2) is 6.49. The van der Waals surface area contributed by atoms with Crippen LogP contribution in [0.5, 0.6) is 0 Å². The topological polar surface area (TPSA) is 38.0 Å². The van der Waals surface area contributed by atoms with E-state index in [9.17, 15) is 4.39 Å². The molecule has 0 aliphatic heterocycles. The normalized spacial score (nSPS) is 17.9. The van der Waals surface area contributed by atoms with Crippen molar-refractivity contribution in [1.29, 1.82) is 0 Å². The van der Waals surface area contributed by atoms with E-state index in [4.69, 9.17) is 5.84 Å². The largest absolute Gasteiger partial charge is 0.271 e. The molecule has 19 heavy (non-hydrogen) atoms. The maximum absolute atomic E-state index is 14.2. The molecule has 0 saturated heterocycles. The van der Waals surface area contributed by atoms with Gasteiger partial charge in [-0.15, -0.1) is 0 Å². The third-order valence-electron chi connectivity index (χ3n) is 4.37. The molecule has 1 aromatic rings. The zero-order chi connectivity index (χ0) is 13.8. The van der Waals surface area contributed by atoms with Crippen LogP contribution in [0.15, 0.2) is 12.1 Å². The first-order valence-electron chi connectivity index (χ1n) is 7.34. The van der Waals surface area contributed by atoms with Gasteiger partial charge in [0.1, 0.15) is 5.82 Å². The molecule has 0 bridgehead atoms. The smallest absolute Gasteiger partial charge is 0.128 e. The van der Waals surface area contributed by atoms with E-state index in [0.717, 1.165) is 35.4 Å². The van der Waals surface area contributed by atoms with E-state index in [2.05, 4.69) is 5.43 Å². The Labute approximate surface area is 115 Å². The van der Waals surface area contributed by atoms with Crippen LogP contribution in [0.2, 0.25) is 0 Å². The fraction of sp³-hybridized carbons (Fsp3) is 0.625. The molecule has 1 atom stereocenters. The zero-order valence-corrected chi connectivity index (χ0v) is 12.0. The van der Waals surface area contributed by atoms with Gasteiger partial charge in [0.2, 0.25) is 0 Å². The molecule has 2 nitrogen and oxygen atoms in total. The predicted octanol–water partition coefficient (Wildman–Crippen LogP) is 3.92. The molecule has 0 amide bonds. The first-order chi connectivity index (χ1) is 9.11. The minimum atomic E-state index is -0.133. The molecular weight excluding hydrogens is 239 g/mol. The van der Waals surface area contributed by atoms with Gasteiger partial charge < -0.3 is 0 Å². The Bertz CT molecular complexity index is 402. The molecule has 0 heterocycles. The van der Waals surface area contributed by atoms with E-state index < -0.39 is 0 Å². The number of aryl methyl sites for hydroxylation is 2. The van der Waals surface area contributed by atoms with Gasteiger partial charge in [-0.3, -0.25) is 11.3 Å².